The second-order valence-electron chi connectivity index (χ2n) is 4.56. The molecule has 18 heavy (non-hydrogen) atoms. The van der Waals surface area contributed by atoms with Gasteiger partial charge in [0.15, 0.2) is 4.34 Å². The second kappa shape index (κ2) is 7.43. The molecule has 0 amide bonds. The van der Waals surface area contributed by atoms with Crippen LogP contribution in [0.15, 0.2) is 4.34 Å². The van der Waals surface area contributed by atoms with E-state index in [1.54, 1.807) is 18.9 Å². The van der Waals surface area contributed by atoms with Gasteiger partial charge in [-0.3, -0.25) is 0 Å². The van der Waals surface area contributed by atoms with Crippen LogP contribution in [0.3, 0.4) is 0 Å². The maximum absolute atomic E-state index is 5.56. The van der Waals surface area contributed by atoms with Gasteiger partial charge in [-0.15, -0.1) is 0 Å². The summed E-state index contributed by atoms with van der Waals surface area (Å²) in [5, 5.41) is 3.48. The normalized spacial score (nSPS) is 13.8. The van der Waals surface area contributed by atoms with Gasteiger partial charge in [-0.05, 0) is 31.9 Å². The number of nitrogens with one attached hydrogen (secondary N) is 1. The maximum atomic E-state index is 5.56. The Balaban J connectivity index is 2.56. The third kappa shape index (κ3) is 4.50. The molecule has 0 fully saturated rings. The Kier molecular flexibility index (Phi) is 6.55. The van der Waals surface area contributed by atoms with Gasteiger partial charge in [0.1, 0.15) is 5.82 Å². The summed E-state index contributed by atoms with van der Waals surface area (Å²) in [7, 11) is 1.76. The molecule has 6 heteroatoms. The van der Waals surface area contributed by atoms with Crippen molar-refractivity contribution in [3.8, 4) is 0 Å². The first-order valence-electron chi connectivity index (χ1n) is 6.27. The Hall–Kier alpha value is -0.170. The molecular formula is C12H23N3OS2. The standard InChI is InChI=1S/C12H23N3OS2/c1-6-10-14-11(18-15-10)17-8-9(13-7-2)12(3,4)16-5/h9,13H,6-8H2,1-5H3. The third-order valence-corrected chi connectivity index (χ3v) is 4.92. The average molecular weight is 289 g/mol. The summed E-state index contributed by atoms with van der Waals surface area (Å²) in [6.45, 7) is 9.35. The Morgan fingerprint density at radius 2 is 2.17 bits per heavy atom. The fourth-order valence-electron chi connectivity index (χ4n) is 1.49. The summed E-state index contributed by atoms with van der Waals surface area (Å²) >= 11 is 3.24. The van der Waals surface area contributed by atoms with Crippen molar-refractivity contribution < 1.29 is 4.74 Å². The third-order valence-electron chi connectivity index (χ3n) is 2.95. The molecular weight excluding hydrogens is 266 g/mol. The smallest absolute Gasteiger partial charge is 0.170 e. The molecule has 0 aromatic carbocycles. The number of ether oxygens (including phenoxy) is 1. The van der Waals surface area contributed by atoms with Gasteiger partial charge < -0.3 is 10.1 Å². The predicted molar refractivity (Wildman–Crippen MR) is 78.6 cm³/mol. The molecule has 1 rings (SSSR count). The van der Waals surface area contributed by atoms with Crippen LogP contribution in [0, 0.1) is 0 Å². The van der Waals surface area contributed by atoms with Crippen molar-refractivity contribution in [1.29, 1.82) is 0 Å². The highest BCUT2D eigenvalue weighted by Gasteiger charge is 2.28. The molecule has 0 spiro atoms. The van der Waals surface area contributed by atoms with E-state index in [4.69, 9.17) is 4.74 Å². The van der Waals surface area contributed by atoms with Crippen LogP contribution < -0.4 is 5.32 Å². The molecule has 0 saturated carbocycles. The van der Waals surface area contributed by atoms with Crippen molar-refractivity contribution in [1.82, 2.24) is 14.7 Å². The van der Waals surface area contributed by atoms with Crippen molar-refractivity contribution in [2.45, 2.75) is 50.1 Å². The first-order chi connectivity index (χ1) is 8.53. The SMILES string of the molecule is CCNC(CSc1nc(CC)ns1)C(C)(C)OC. The number of thioether (sulfide) groups is 1. The number of hydrogen-bond donors (Lipinski definition) is 1. The number of hydrogen-bond acceptors (Lipinski definition) is 6. The lowest BCUT2D eigenvalue weighted by Gasteiger charge is -2.33. The highest BCUT2D eigenvalue weighted by atomic mass is 32.2. The Bertz CT molecular complexity index is 355. The zero-order valence-electron chi connectivity index (χ0n) is 11.8. The van der Waals surface area contributed by atoms with Gasteiger partial charge in [-0.2, -0.15) is 4.37 Å². The highest BCUT2D eigenvalue weighted by Crippen LogP contribution is 2.25. The Morgan fingerprint density at radius 3 is 2.67 bits per heavy atom. The van der Waals surface area contributed by atoms with Crippen LogP contribution in [0.2, 0.25) is 0 Å². The van der Waals surface area contributed by atoms with Gasteiger partial charge in [-0.25, -0.2) is 4.98 Å². The summed E-state index contributed by atoms with van der Waals surface area (Å²) < 4.78 is 10.9. The van der Waals surface area contributed by atoms with Gasteiger partial charge in [-0.1, -0.05) is 25.6 Å². The number of aryl methyl sites for hydroxylation is 1. The van der Waals surface area contributed by atoms with Gasteiger partial charge in [0.25, 0.3) is 0 Å². The molecule has 1 N–H and O–H groups in total. The molecule has 4 nitrogen and oxygen atoms in total. The average Bonchev–Trinajstić information content (AvgIpc) is 2.82. The molecule has 0 aliphatic carbocycles. The van der Waals surface area contributed by atoms with Crippen molar-refractivity contribution in [2.75, 3.05) is 19.4 Å². The van der Waals surface area contributed by atoms with Gasteiger partial charge in [0, 0.05) is 25.3 Å². The van der Waals surface area contributed by atoms with E-state index in [0.717, 1.165) is 28.9 Å². The zero-order chi connectivity index (χ0) is 13.6. The largest absolute Gasteiger partial charge is 0.377 e. The molecule has 0 aliphatic heterocycles. The van der Waals surface area contributed by atoms with Crippen LogP contribution in [0.25, 0.3) is 0 Å². The van der Waals surface area contributed by atoms with E-state index in [-0.39, 0.29) is 5.60 Å². The van der Waals surface area contributed by atoms with Crippen molar-refractivity contribution in [3.63, 3.8) is 0 Å². The van der Waals surface area contributed by atoms with E-state index in [9.17, 15) is 0 Å². The minimum atomic E-state index is -0.179. The molecule has 0 bridgehead atoms. The van der Waals surface area contributed by atoms with Gasteiger partial charge in [0.05, 0.1) is 5.60 Å². The molecule has 0 aliphatic rings. The number of methoxy groups -OCH3 is 1. The Morgan fingerprint density at radius 1 is 1.44 bits per heavy atom. The van der Waals surface area contributed by atoms with E-state index in [1.807, 2.05) is 0 Å². The van der Waals surface area contributed by atoms with E-state index >= 15 is 0 Å². The van der Waals surface area contributed by atoms with Crippen molar-refractivity contribution in [3.05, 3.63) is 5.82 Å². The fraction of sp³-hybridized carbons (Fsp3) is 0.833. The molecule has 0 radical (unpaired) electrons. The van der Waals surface area contributed by atoms with Crippen LogP contribution in [-0.2, 0) is 11.2 Å². The topological polar surface area (TPSA) is 47.0 Å². The van der Waals surface area contributed by atoms with E-state index in [0.29, 0.717) is 6.04 Å². The number of nitrogens with zero attached hydrogens (tertiary/aromatic N) is 2. The molecule has 1 unspecified atom stereocenters. The minimum absolute atomic E-state index is 0.179. The van der Waals surface area contributed by atoms with Crippen LogP contribution in [-0.4, -0.2) is 40.4 Å². The highest BCUT2D eigenvalue weighted by molar-refractivity contribution is 8.00. The number of rotatable bonds is 8. The lowest BCUT2D eigenvalue weighted by molar-refractivity contribution is -0.00309. The monoisotopic (exact) mass is 289 g/mol. The van der Waals surface area contributed by atoms with E-state index in [2.05, 4.69) is 42.4 Å². The maximum Gasteiger partial charge on any atom is 0.170 e. The van der Waals surface area contributed by atoms with E-state index < -0.39 is 0 Å². The minimum Gasteiger partial charge on any atom is -0.377 e. The number of likely N-dealkylation sites (N-methyl/N-ethyl adjacent to an activating group) is 1. The number of aromatic nitrogens is 2. The zero-order valence-corrected chi connectivity index (χ0v) is 13.5. The lowest BCUT2D eigenvalue weighted by atomic mass is 10.0. The Labute approximate surface area is 118 Å². The molecule has 0 saturated heterocycles. The van der Waals surface area contributed by atoms with Crippen molar-refractivity contribution >= 4 is 23.3 Å². The lowest BCUT2D eigenvalue weighted by Crippen LogP contribution is -2.49. The van der Waals surface area contributed by atoms with Crippen LogP contribution in [0.4, 0.5) is 0 Å². The molecule has 104 valence electrons. The van der Waals surface area contributed by atoms with Crippen LogP contribution in [0.5, 0.6) is 0 Å². The van der Waals surface area contributed by atoms with Gasteiger partial charge >= 0.3 is 0 Å². The quantitative estimate of drug-likeness (QED) is 0.745. The first-order valence-corrected chi connectivity index (χ1v) is 8.03. The fourth-order valence-corrected chi connectivity index (χ4v) is 3.51. The second-order valence-corrected chi connectivity index (χ2v) is 6.58. The van der Waals surface area contributed by atoms with Gasteiger partial charge in [0.2, 0.25) is 0 Å². The summed E-state index contributed by atoms with van der Waals surface area (Å²) in [4.78, 5) is 4.47. The van der Waals surface area contributed by atoms with E-state index in [1.165, 1.54) is 11.5 Å². The van der Waals surface area contributed by atoms with Crippen LogP contribution in [0.1, 0.15) is 33.5 Å². The summed E-state index contributed by atoms with van der Waals surface area (Å²) in [6, 6.07) is 0.298. The predicted octanol–water partition coefficient (Wildman–Crippen LogP) is 2.60. The molecule has 1 heterocycles. The molecule has 1 aromatic rings. The summed E-state index contributed by atoms with van der Waals surface area (Å²) in [5.41, 5.74) is -0.179. The first kappa shape index (κ1) is 15.9. The summed E-state index contributed by atoms with van der Waals surface area (Å²) in [5.74, 6) is 1.88. The molecule has 1 atom stereocenters. The molecule has 1 aromatic heterocycles. The summed E-state index contributed by atoms with van der Waals surface area (Å²) in [6.07, 6.45) is 0.900. The van der Waals surface area contributed by atoms with Crippen molar-refractivity contribution in [2.24, 2.45) is 0 Å². The van der Waals surface area contributed by atoms with Crippen LogP contribution >= 0.6 is 23.3 Å².